The number of unbranched alkanes of at least 4 members (excludes halogenated alkanes) is 6. The maximum Gasteiger partial charge on any atom is 0.303 e. The quantitative estimate of drug-likeness (QED) is 0.444. The van der Waals surface area contributed by atoms with Crippen LogP contribution in [-0.4, -0.2) is 37.5 Å². The Morgan fingerprint density at radius 3 is 2.39 bits per heavy atom. The Morgan fingerprint density at radius 2 is 1.65 bits per heavy atom. The molecule has 0 bridgehead atoms. The maximum atomic E-state index is 10.5. The largest absolute Gasteiger partial charge is 0.481 e. The summed E-state index contributed by atoms with van der Waals surface area (Å²) in [5.74, 6) is 0.659. The first-order valence-corrected chi connectivity index (χ1v) is 9.61. The van der Waals surface area contributed by atoms with Crippen LogP contribution in [0.5, 0.6) is 0 Å². The van der Waals surface area contributed by atoms with E-state index in [4.69, 9.17) is 14.6 Å². The van der Waals surface area contributed by atoms with Crippen molar-refractivity contribution in [2.24, 2.45) is 11.8 Å². The summed E-state index contributed by atoms with van der Waals surface area (Å²) >= 11 is 0. The summed E-state index contributed by atoms with van der Waals surface area (Å²) in [6.07, 6.45) is 11.9. The fourth-order valence-corrected chi connectivity index (χ4v) is 3.29. The molecule has 23 heavy (non-hydrogen) atoms. The van der Waals surface area contributed by atoms with E-state index < -0.39 is 5.97 Å². The third-order valence-electron chi connectivity index (χ3n) is 4.82. The van der Waals surface area contributed by atoms with Crippen molar-refractivity contribution < 1.29 is 19.4 Å². The fourth-order valence-electron chi connectivity index (χ4n) is 3.29. The van der Waals surface area contributed by atoms with Gasteiger partial charge in [-0.25, -0.2) is 0 Å². The van der Waals surface area contributed by atoms with Crippen molar-refractivity contribution in [3.05, 3.63) is 0 Å². The minimum absolute atomic E-state index is 0.310. The molecule has 1 rings (SSSR count). The van der Waals surface area contributed by atoms with Crippen LogP contribution in [0.4, 0.5) is 0 Å². The van der Waals surface area contributed by atoms with Gasteiger partial charge < -0.3 is 14.6 Å². The van der Waals surface area contributed by atoms with Gasteiger partial charge in [-0.05, 0) is 37.5 Å². The van der Waals surface area contributed by atoms with Gasteiger partial charge in [-0.1, -0.05) is 45.4 Å². The fraction of sp³-hybridized carbons (Fsp3) is 0.947. The summed E-state index contributed by atoms with van der Waals surface area (Å²) in [5.41, 5.74) is 0. The van der Waals surface area contributed by atoms with Gasteiger partial charge in [0.05, 0.1) is 0 Å². The van der Waals surface area contributed by atoms with Gasteiger partial charge >= 0.3 is 5.97 Å². The van der Waals surface area contributed by atoms with E-state index in [1.807, 2.05) is 0 Å². The van der Waals surface area contributed by atoms with Crippen molar-refractivity contribution in [2.45, 2.75) is 77.6 Å². The van der Waals surface area contributed by atoms with Gasteiger partial charge in [0, 0.05) is 32.8 Å². The first-order valence-electron chi connectivity index (χ1n) is 9.61. The lowest BCUT2D eigenvalue weighted by atomic mass is 9.88. The molecule has 4 heteroatoms. The molecule has 0 radical (unpaired) electrons. The smallest absolute Gasteiger partial charge is 0.303 e. The standard InChI is InChI=1S/C19H36O4/c1-2-3-4-9-13-22-14-12-18-16-23-15-17(18)10-7-5-6-8-11-19(20)21/h17-18H,2-16H2,1H3,(H,20,21)/t17-,18+/m0/s1. The number of hydrogen-bond acceptors (Lipinski definition) is 3. The SMILES string of the molecule is CCCCCCOCC[C@@H]1COC[C@@H]1CCCCCCC(=O)O. The van der Waals surface area contributed by atoms with Gasteiger partial charge in [0.1, 0.15) is 0 Å². The van der Waals surface area contributed by atoms with Crippen molar-refractivity contribution in [3.63, 3.8) is 0 Å². The third-order valence-corrected chi connectivity index (χ3v) is 4.82. The second kappa shape index (κ2) is 13.8. The van der Waals surface area contributed by atoms with Crippen LogP contribution in [0, 0.1) is 11.8 Å². The lowest BCUT2D eigenvalue weighted by Gasteiger charge is -2.17. The molecular weight excluding hydrogens is 292 g/mol. The number of carboxylic acids is 1. The minimum Gasteiger partial charge on any atom is -0.481 e. The van der Waals surface area contributed by atoms with Gasteiger partial charge in [-0.3, -0.25) is 4.79 Å². The number of ether oxygens (including phenoxy) is 2. The van der Waals surface area contributed by atoms with E-state index in [2.05, 4.69) is 6.92 Å². The zero-order chi connectivity index (χ0) is 16.8. The average Bonchev–Trinajstić information content (AvgIpc) is 2.97. The van der Waals surface area contributed by atoms with Gasteiger partial charge in [0.2, 0.25) is 0 Å². The predicted octanol–water partition coefficient (Wildman–Crippen LogP) is 4.66. The molecular formula is C19H36O4. The summed E-state index contributed by atoms with van der Waals surface area (Å²) in [4.78, 5) is 10.5. The Balaban J connectivity index is 1.97. The summed E-state index contributed by atoms with van der Waals surface area (Å²) in [5, 5.41) is 8.61. The highest BCUT2D eigenvalue weighted by atomic mass is 16.5. The molecule has 1 fully saturated rings. The van der Waals surface area contributed by atoms with Crippen molar-refractivity contribution in [1.82, 2.24) is 0 Å². The molecule has 0 spiro atoms. The second-order valence-electron chi connectivity index (χ2n) is 6.87. The molecule has 1 aliphatic rings. The first-order chi connectivity index (χ1) is 11.2. The van der Waals surface area contributed by atoms with E-state index in [9.17, 15) is 4.79 Å². The van der Waals surface area contributed by atoms with Gasteiger partial charge in [-0.2, -0.15) is 0 Å². The maximum absolute atomic E-state index is 10.5. The number of hydrogen-bond donors (Lipinski definition) is 1. The number of carboxylic acid groups (broad SMARTS) is 1. The zero-order valence-corrected chi connectivity index (χ0v) is 14.9. The molecule has 0 amide bonds. The Kier molecular flexibility index (Phi) is 12.3. The minimum atomic E-state index is -0.677. The summed E-state index contributed by atoms with van der Waals surface area (Å²) in [7, 11) is 0. The van der Waals surface area contributed by atoms with Crippen LogP contribution >= 0.6 is 0 Å². The van der Waals surface area contributed by atoms with E-state index in [1.165, 1.54) is 38.5 Å². The molecule has 0 aliphatic carbocycles. The second-order valence-corrected chi connectivity index (χ2v) is 6.87. The van der Waals surface area contributed by atoms with E-state index in [0.29, 0.717) is 18.3 Å². The van der Waals surface area contributed by atoms with Gasteiger partial charge in [0.25, 0.3) is 0 Å². The zero-order valence-electron chi connectivity index (χ0n) is 14.9. The Labute approximate surface area is 141 Å². The molecule has 1 heterocycles. The highest BCUT2D eigenvalue weighted by Crippen LogP contribution is 2.28. The molecule has 0 aromatic carbocycles. The number of carbonyl (C=O) groups is 1. The molecule has 2 atom stereocenters. The van der Waals surface area contributed by atoms with Crippen LogP contribution in [0.15, 0.2) is 0 Å². The van der Waals surface area contributed by atoms with Crippen LogP contribution in [0.2, 0.25) is 0 Å². The highest BCUT2D eigenvalue weighted by Gasteiger charge is 2.27. The van der Waals surface area contributed by atoms with Crippen LogP contribution in [0.3, 0.4) is 0 Å². The Morgan fingerprint density at radius 1 is 0.957 bits per heavy atom. The summed E-state index contributed by atoms with van der Waals surface area (Å²) in [6, 6.07) is 0. The predicted molar refractivity (Wildman–Crippen MR) is 92.7 cm³/mol. The summed E-state index contributed by atoms with van der Waals surface area (Å²) in [6.45, 7) is 5.80. The van der Waals surface area contributed by atoms with Crippen molar-refractivity contribution in [2.75, 3.05) is 26.4 Å². The van der Waals surface area contributed by atoms with Crippen molar-refractivity contribution >= 4 is 5.97 Å². The van der Waals surface area contributed by atoms with Crippen molar-refractivity contribution in [1.29, 1.82) is 0 Å². The molecule has 1 aliphatic heterocycles. The van der Waals surface area contributed by atoms with Gasteiger partial charge in [-0.15, -0.1) is 0 Å². The Hall–Kier alpha value is -0.610. The van der Waals surface area contributed by atoms with E-state index >= 15 is 0 Å². The highest BCUT2D eigenvalue weighted by molar-refractivity contribution is 5.66. The average molecular weight is 328 g/mol. The van der Waals surface area contributed by atoms with Crippen LogP contribution in [0.1, 0.15) is 77.6 Å². The molecule has 1 saturated heterocycles. The molecule has 0 unspecified atom stereocenters. The first kappa shape index (κ1) is 20.4. The molecule has 0 aromatic heterocycles. The van der Waals surface area contributed by atoms with Crippen LogP contribution in [0.25, 0.3) is 0 Å². The third kappa shape index (κ3) is 10.7. The van der Waals surface area contributed by atoms with Crippen LogP contribution in [-0.2, 0) is 14.3 Å². The lowest BCUT2D eigenvalue weighted by molar-refractivity contribution is -0.137. The normalized spacial score (nSPS) is 20.9. The molecule has 0 aromatic rings. The van der Waals surface area contributed by atoms with E-state index in [1.54, 1.807) is 0 Å². The lowest BCUT2D eigenvalue weighted by Crippen LogP contribution is -2.15. The van der Waals surface area contributed by atoms with E-state index in [0.717, 1.165) is 52.1 Å². The monoisotopic (exact) mass is 328 g/mol. The number of aliphatic carboxylic acids is 1. The van der Waals surface area contributed by atoms with Gasteiger partial charge in [0.15, 0.2) is 0 Å². The molecule has 0 saturated carbocycles. The molecule has 4 nitrogen and oxygen atoms in total. The molecule has 1 N–H and O–H groups in total. The molecule has 136 valence electrons. The Bertz CT molecular complexity index is 293. The van der Waals surface area contributed by atoms with Crippen LogP contribution < -0.4 is 0 Å². The topological polar surface area (TPSA) is 55.8 Å². The van der Waals surface area contributed by atoms with E-state index in [-0.39, 0.29) is 0 Å². The number of rotatable bonds is 15. The summed E-state index contributed by atoms with van der Waals surface area (Å²) < 4.78 is 11.4. The van der Waals surface area contributed by atoms with Crippen molar-refractivity contribution in [3.8, 4) is 0 Å².